The smallest absolute Gasteiger partial charge is 0.0762 e. The quantitative estimate of drug-likeness (QED) is 0.815. The van der Waals surface area contributed by atoms with E-state index in [1.165, 1.54) is 0 Å². The Bertz CT molecular complexity index is 540. The third-order valence-electron chi connectivity index (χ3n) is 2.48. The van der Waals surface area contributed by atoms with Crippen LogP contribution < -0.4 is 0 Å². The van der Waals surface area contributed by atoms with Crippen LogP contribution in [0.15, 0.2) is 56.7 Å². The van der Waals surface area contributed by atoms with Crippen LogP contribution in [0.25, 0.3) is 0 Å². The van der Waals surface area contributed by atoms with E-state index in [2.05, 4.69) is 15.9 Å². The van der Waals surface area contributed by atoms with Gasteiger partial charge in [0.05, 0.1) is 11.1 Å². The van der Waals surface area contributed by atoms with Gasteiger partial charge >= 0.3 is 0 Å². The van der Waals surface area contributed by atoms with Gasteiger partial charge in [-0.3, -0.25) is 0 Å². The monoisotopic (exact) mass is 342 g/mol. The van der Waals surface area contributed by atoms with Crippen molar-refractivity contribution in [2.24, 2.45) is 0 Å². The fourth-order valence-electron chi connectivity index (χ4n) is 1.49. The lowest BCUT2D eigenvalue weighted by molar-refractivity contribution is 0.199. The maximum atomic E-state index is 9.49. The fraction of sp³-hybridized carbons (Fsp3) is 0.143. The Morgan fingerprint density at radius 1 is 1.17 bits per heavy atom. The highest BCUT2D eigenvalue weighted by Gasteiger charge is 2.07. The SMILES string of the molecule is C[C@@H](O)c1ccc(Sc2ccc(Br)cc2)c(Cl)c1. The van der Waals surface area contributed by atoms with E-state index >= 15 is 0 Å². The summed E-state index contributed by atoms with van der Waals surface area (Å²) in [7, 11) is 0. The lowest BCUT2D eigenvalue weighted by atomic mass is 10.1. The number of aliphatic hydroxyl groups excluding tert-OH is 1. The molecule has 0 aliphatic carbocycles. The highest BCUT2D eigenvalue weighted by atomic mass is 79.9. The van der Waals surface area contributed by atoms with E-state index in [1.807, 2.05) is 42.5 Å². The van der Waals surface area contributed by atoms with Crippen molar-refractivity contribution >= 4 is 39.3 Å². The van der Waals surface area contributed by atoms with E-state index in [9.17, 15) is 5.11 Å². The van der Waals surface area contributed by atoms with Crippen LogP contribution in [0.2, 0.25) is 5.02 Å². The van der Waals surface area contributed by atoms with E-state index in [0.29, 0.717) is 5.02 Å². The summed E-state index contributed by atoms with van der Waals surface area (Å²) < 4.78 is 1.06. The van der Waals surface area contributed by atoms with Gasteiger partial charge in [0.2, 0.25) is 0 Å². The van der Waals surface area contributed by atoms with Gasteiger partial charge in [0.1, 0.15) is 0 Å². The predicted octanol–water partition coefficient (Wildman–Crippen LogP) is 5.31. The first-order valence-electron chi connectivity index (χ1n) is 5.47. The van der Waals surface area contributed by atoms with E-state index in [0.717, 1.165) is 19.8 Å². The lowest BCUT2D eigenvalue weighted by Gasteiger charge is -2.09. The van der Waals surface area contributed by atoms with E-state index < -0.39 is 6.10 Å². The van der Waals surface area contributed by atoms with Crippen molar-refractivity contribution in [3.8, 4) is 0 Å². The van der Waals surface area contributed by atoms with Crippen LogP contribution >= 0.6 is 39.3 Å². The zero-order chi connectivity index (χ0) is 13.1. The summed E-state index contributed by atoms with van der Waals surface area (Å²) in [6, 6.07) is 13.7. The van der Waals surface area contributed by atoms with Crippen LogP contribution in [-0.4, -0.2) is 5.11 Å². The number of halogens is 2. The molecule has 0 radical (unpaired) electrons. The third-order valence-corrected chi connectivity index (χ3v) is 4.52. The molecule has 0 aliphatic heterocycles. The molecular formula is C14H12BrClOS. The minimum absolute atomic E-state index is 0.491. The van der Waals surface area contributed by atoms with Crippen molar-refractivity contribution in [2.75, 3.05) is 0 Å². The van der Waals surface area contributed by atoms with Gasteiger partial charge in [0, 0.05) is 14.3 Å². The number of benzene rings is 2. The summed E-state index contributed by atoms with van der Waals surface area (Å²) in [6.07, 6.45) is -0.491. The van der Waals surface area contributed by atoms with Crippen molar-refractivity contribution < 1.29 is 5.11 Å². The Morgan fingerprint density at radius 3 is 2.39 bits per heavy atom. The second kappa shape index (κ2) is 6.11. The van der Waals surface area contributed by atoms with Crippen molar-refractivity contribution in [1.29, 1.82) is 0 Å². The molecule has 0 heterocycles. The Balaban J connectivity index is 2.22. The summed E-state index contributed by atoms with van der Waals surface area (Å²) in [6.45, 7) is 1.73. The molecule has 94 valence electrons. The molecule has 0 bridgehead atoms. The molecule has 2 rings (SSSR count). The predicted molar refractivity (Wildman–Crippen MR) is 80.4 cm³/mol. The summed E-state index contributed by atoms with van der Waals surface area (Å²) in [5, 5.41) is 10.2. The molecule has 0 spiro atoms. The van der Waals surface area contributed by atoms with Gasteiger partial charge < -0.3 is 5.11 Å². The van der Waals surface area contributed by atoms with Crippen LogP contribution in [-0.2, 0) is 0 Å². The van der Waals surface area contributed by atoms with Gasteiger partial charge in [-0.05, 0) is 48.9 Å². The molecule has 0 fully saturated rings. The van der Waals surface area contributed by atoms with E-state index in [1.54, 1.807) is 18.7 Å². The standard InChI is InChI=1S/C14H12BrClOS/c1-9(17)10-2-7-14(13(16)8-10)18-12-5-3-11(15)4-6-12/h2-9,17H,1H3/t9-/m1/s1. The van der Waals surface area contributed by atoms with Crippen LogP contribution in [0.1, 0.15) is 18.6 Å². The second-order valence-electron chi connectivity index (χ2n) is 3.92. The van der Waals surface area contributed by atoms with Crippen LogP contribution in [0, 0.1) is 0 Å². The molecule has 0 saturated carbocycles. The number of hydrogen-bond donors (Lipinski definition) is 1. The topological polar surface area (TPSA) is 20.2 Å². The average molecular weight is 344 g/mol. The molecule has 0 amide bonds. The first-order valence-corrected chi connectivity index (χ1v) is 7.46. The minimum atomic E-state index is -0.491. The molecule has 18 heavy (non-hydrogen) atoms. The van der Waals surface area contributed by atoms with Crippen molar-refractivity contribution in [2.45, 2.75) is 22.8 Å². The zero-order valence-electron chi connectivity index (χ0n) is 9.73. The third kappa shape index (κ3) is 3.51. The molecular weight excluding hydrogens is 332 g/mol. The fourth-order valence-corrected chi connectivity index (χ4v) is 2.88. The van der Waals surface area contributed by atoms with E-state index in [4.69, 9.17) is 11.6 Å². The average Bonchev–Trinajstić information content (AvgIpc) is 2.34. The Labute approximate surface area is 124 Å². The number of aliphatic hydroxyl groups is 1. The van der Waals surface area contributed by atoms with E-state index in [-0.39, 0.29) is 0 Å². The molecule has 0 aliphatic rings. The zero-order valence-corrected chi connectivity index (χ0v) is 12.9. The van der Waals surface area contributed by atoms with Gasteiger partial charge in [-0.2, -0.15) is 0 Å². The maximum absolute atomic E-state index is 9.49. The van der Waals surface area contributed by atoms with Gasteiger partial charge in [-0.15, -0.1) is 0 Å². The van der Waals surface area contributed by atoms with Crippen molar-refractivity contribution in [3.63, 3.8) is 0 Å². The van der Waals surface area contributed by atoms with Gasteiger partial charge in [0.25, 0.3) is 0 Å². The van der Waals surface area contributed by atoms with Crippen molar-refractivity contribution in [3.05, 3.63) is 57.5 Å². The minimum Gasteiger partial charge on any atom is -0.389 e. The first-order chi connectivity index (χ1) is 8.56. The summed E-state index contributed by atoms with van der Waals surface area (Å²) in [5.74, 6) is 0. The molecule has 0 saturated heterocycles. The normalized spacial score (nSPS) is 12.4. The van der Waals surface area contributed by atoms with Gasteiger partial charge in [-0.1, -0.05) is 45.4 Å². The largest absolute Gasteiger partial charge is 0.389 e. The molecule has 1 N–H and O–H groups in total. The highest BCUT2D eigenvalue weighted by molar-refractivity contribution is 9.10. The molecule has 1 nitrogen and oxygen atoms in total. The van der Waals surface area contributed by atoms with Gasteiger partial charge in [-0.25, -0.2) is 0 Å². The summed E-state index contributed by atoms with van der Waals surface area (Å²) in [5.41, 5.74) is 0.833. The summed E-state index contributed by atoms with van der Waals surface area (Å²) >= 11 is 11.2. The number of hydrogen-bond acceptors (Lipinski definition) is 2. The van der Waals surface area contributed by atoms with Gasteiger partial charge in [0.15, 0.2) is 0 Å². The molecule has 0 aromatic heterocycles. The first kappa shape index (κ1) is 13.9. The highest BCUT2D eigenvalue weighted by Crippen LogP contribution is 2.35. The molecule has 0 unspecified atom stereocenters. The van der Waals surface area contributed by atoms with Crippen LogP contribution in [0.5, 0.6) is 0 Å². The Hall–Kier alpha value is -0.480. The molecule has 2 aromatic carbocycles. The van der Waals surface area contributed by atoms with Crippen LogP contribution in [0.3, 0.4) is 0 Å². The van der Waals surface area contributed by atoms with Crippen molar-refractivity contribution in [1.82, 2.24) is 0 Å². The second-order valence-corrected chi connectivity index (χ2v) is 6.36. The van der Waals surface area contributed by atoms with Crippen LogP contribution in [0.4, 0.5) is 0 Å². The number of rotatable bonds is 3. The Morgan fingerprint density at radius 2 is 1.83 bits per heavy atom. The summed E-state index contributed by atoms with van der Waals surface area (Å²) in [4.78, 5) is 2.12. The Kier molecular flexibility index (Phi) is 4.73. The molecule has 4 heteroatoms. The molecule has 2 aromatic rings. The maximum Gasteiger partial charge on any atom is 0.0762 e. The molecule has 1 atom stereocenters. The lowest BCUT2D eigenvalue weighted by Crippen LogP contribution is -1.90.